The third kappa shape index (κ3) is 3.86. The van der Waals surface area contributed by atoms with Crippen LogP contribution in [0.4, 0.5) is 0 Å². The van der Waals surface area contributed by atoms with Gasteiger partial charge in [0.25, 0.3) is 0 Å². The number of methoxy groups -OCH3 is 1. The molecule has 0 amide bonds. The van der Waals surface area contributed by atoms with Gasteiger partial charge in [0.15, 0.2) is 0 Å². The van der Waals surface area contributed by atoms with Gasteiger partial charge in [-0.15, -0.1) is 0 Å². The SMILES string of the molecule is COC(=O)C(C)C(C)NCc1ccccc1C. The van der Waals surface area contributed by atoms with Crippen LogP contribution in [-0.2, 0) is 16.1 Å². The van der Waals surface area contributed by atoms with Gasteiger partial charge < -0.3 is 10.1 Å². The average Bonchev–Trinajstić information content (AvgIpc) is 2.35. The van der Waals surface area contributed by atoms with Crippen LogP contribution in [-0.4, -0.2) is 19.1 Å². The molecule has 1 rings (SSSR count). The van der Waals surface area contributed by atoms with E-state index in [1.807, 2.05) is 26.0 Å². The van der Waals surface area contributed by atoms with Gasteiger partial charge in [0.2, 0.25) is 0 Å². The highest BCUT2D eigenvalue weighted by molar-refractivity contribution is 5.72. The van der Waals surface area contributed by atoms with E-state index in [4.69, 9.17) is 4.74 Å². The number of rotatable bonds is 5. The molecule has 0 heterocycles. The third-order valence-electron chi connectivity index (χ3n) is 3.20. The topological polar surface area (TPSA) is 38.3 Å². The second kappa shape index (κ2) is 6.40. The number of carbonyl (C=O) groups is 1. The molecule has 0 saturated heterocycles. The first kappa shape index (κ1) is 13.7. The van der Waals surface area contributed by atoms with Crippen molar-refractivity contribution >= 4 is 5.97 Å². The van der Waals surface area contributed by atoms with Crippen LogP contribution < -0.4 is 5.32 Å². The Morgan fingerprint density at radius 3 is 2.59 bits per heavy atom. The second-order valence-corrected chi connectivity index (χ2v) is 4.41. The predicted molar refractivity (Wildman–Crippen MR) is 68.7 cm³/mol. The Morgan fingerprint density at radius 1 is 1.35 bits per heavy atom. The van der Waals surface area contributed by atoms with Crippen LogP contribution >= 0.6 is 0 Å². The van der Waals surface area contributed by atoms with Crippen molar-refractivity contribution < 1.29 is 9.53 Å². The molecule has 2 atom stereocenters. The number of benzene rings is 1. The first-order valence-corrected chi connectivity index (χ1v) is 5.92. The van der Waals surface area contributed by atoms with E-state index in [-0.39, 0.29) is 17.9 Å². The summed E-state index contributed by atoms with van der Waals surface area (Å²) in [7, 11) is 1.42. The molecule has 3 nitrogen and oxygen atoms in total. The summed E-state index contributed by atoms with van der Waals surface area (Å²) >= 11 is 0. The first-order chi connectivity index (χ1) is 8.06. The summed E-state index contributed by atoms with van der Waals surface area (Å²) in [5.41, 5.74) is 2.52. The lowest BCUT2D eigenvalue weighted by Gasteiger charge is -2.19. The number of nitrogens with one attached hydrogen (secondary N) is 1. The largest absolute Gasteiger partial charge is 0.469 e. The lowest BCUT2D eigenvalue weighted by molar-refractivity contribution is -0.145. The monoisotopic (exact) mass is 235 g/mol. The Balaban J connectivity index is 2.51. The molecule has 0 aliphatic carbocycles. The summed E-state index contributed by atoms with van der Waals surface area (Å²) in [6.45, 7) is 6.74. The van der Waals surface area contributed by atoms with Crippen LogP contribution in [0.25, 0.3) is 0 Å². The van der Waals surface area contributed by atoms with Crippen LogP contribution in [0.5, 0.6) is 0 Å². The van der Waals surface area contributed by atoms with Gasteiger partial charge in [-0.3, -0.25) is 4.79 Å². The molecule has 3 heteroatoms. The molecule has 0 fully saturated rings. The summed E-state index contributed by atoms with van der Waals surface area (Å²) in [5.74, 6) is -0.307. The van der Waals surface area contributed by atoms with Crippen LogP contribution in [0.1, 0.15) is 25.0 Å². The standard InChI is InChI=1S/C14H21NO2/c1-10-7-5-6-8-13(10)9-15-12(3)11(2)14(16)17-4/h5-8,11-12,15H,9H2,1-4H3. The van der Waals surface area contributed by atoms with Gasteiger partial charge in [-0.1, -0.05) is 31.2 Å². The van der Waals surface area contributed by atoms with E-state index in [2.05, 4.69) is 24.4 Å². The zero-order valence-corrected chi connectivity index (χ0v) is 11.0. The molecule has 1 N–H and O–H groups in total. The second-order valence-electron chi connectivity index (χ2n) is 4.41. The molecule has 0 bridgehead atoms. The van der Waals surface area contributed by atoms with Gasteiger partial charge in [0, 0.05) is 12.6 Å². The maximum atomic E-state index is 11.4. The predicted octanol–water partition coefficient (Wildman–Crippen LogP) is 2.28. The quantitative estimate of drug-likeness (QED) is 0.796. The molecule has 0 aliphatic heterocycles. The first-order valence-electron chi connectivity index (χ1n) is 5.92. The van der Waals surface area contributed by atoms with E-state index >= 15 is 0 Å². The third-order valence-corrected chi connectivity index (χ3v) is 3.20. The van der Waals surface area contributed by atoms with Gasteiger partial charge in [0.1, 0.15) is 0 Å². The van der Waals surface area contributed by atoms with Crippen molar-refractivity contribution in [2.24, 2.45) is 5.92 Å². The number of hydrogen-bond donors (Lipinski definition) is 1. The normalized spacial score (nSPS) is 14.1. The fourth-order valence-corrected chi connectivity index (χ4v) is 1.65. The minimum absolute atomic E-state index is 0.0991. The maximum absolute atomic E-state index is 11.4. The molecule has 1 aromatic carbocycles. The molecule has 0 aliphatic rings. The van der Waals surface area contributed by atoms with E-state index < -0.39 is 0 Å². The lowest BCUT2D eigenvalue weighted by atomic mass is 10.0. The summed E-state index contributed by atoms with van der Waals surface area (Å²) < 4.78 is 4.73. The van der Waals surface area contributed by atoms with E-state index in [0.717, 1.165) is 6.54 Å². The van der Waals surface area contributed by atoms with Gasteiger partial charge in [-0.05, 0) is 25.0 Å². The Morgan fingerprint density at radius 2 is 2.00 bits per heavy atom. The number of ether oxygens (including phenoxy) is 1. The molecule has 94 valence electrons. The van der Waals surface area contributed by atoms with Crippen molar-refractivity contribution in [2.45, 2.75) is 33.4 Å². The summed E-state index contributed by atoms with van der Waals surface area (Å²) in [6, 6.07) is 8.34. The van der Waals surface area contributed by atoms with Crippen molar-refractivity contribution in [3.8, 4) is 0 Å². The van der Waals surface area contributed by atoms with Crippen molar-refractivity contribution in [3.05, 3.63) is 35.4 Å². The molecule has 1 aromatic rings. The van der Waals surface area contributed by atoms with Gasteiger partial charge in [-0.2, -0.15) is 0 Å². The highest BCUT2D eigenvalue weighted by Crippen LogP contribution is 2.09. The minimum atomic E-state index is -0.171. The Kier molecular flexibility index (Phi) is 5.16. The number of esters is 1. The lowest BCUT2D eigenvalue weighted by Crippen LogP contribution is -2.36. The summed E-state index contributed by atoms with van der Waals surface area (Å²) in [4.78, 5) is 11.4. The molecule has 0 saturated carbocycles. The zero-order chi connectivity index (χ0) is 12.8. The van der Waals surface area contributed by atoms with Crippen molar-refractivity contribution in [3.63, 3.8) is 0 Å². The van der Waals surface area contributed by atoms with Crippen molar-refractivity contribution in [1.82, 2.24) is 5.32 Å². The maximum Gasteiger partial charge on any atom is 0.309 e. The van der Waals surface area contributed by atoms with E-state index in [1.165, 1.54) is 18.2 Å². The Hall–Kier alpha value is -1.35. The highest BCUT2D eigenvalue weighted by atomic mass is 16.5. The Bertz CT molecular complexity index is 376. The molecule has 0 radical (unpaired) electrons. The molecular formula is C14H21NO2. The smallest absolute Gasteiger partial charge is 0.309 e. The highest BCUT2D eigenvalue weighted by Gasteiger charge is 2.20. The van der Waals surface area contributed by atoms with Crippen LogP contribution in [0.15, 0.2) is 24.3 Å². The van der Waals surface area contributed by atoms with Crippen molar-refractivity contribution in [2.75, 3.05) is 7.11 Å². The average molecular weight is 235 g/mol. The van der Waals surface area contributed by atoms with Crippen LogP contribution in [0, 0.1) is 12.8 Å². The van der Waals surface area contributed by atoms with Crippen LogP contribution in [0.3, 0.4) is 0 Å². The fraction of sp³-hybridized carbons (Fsp3) is 0.500. The zero-order valence-electron chi connectivity index (χ0n) is 11.0. The van der Waals surface area contributed by atoms with Crippen LogP contribution in [0.2, 0.25) is 0 Å². The van der Waals surface area contributed by atoms with Gasteiger partial charge in [0.05, 0.1) is 13.0 Å². The van der Waals surface area contributed by atoms with E-state index in [1.54, 1.807) is 0 Å². The summed E-state index contributed by atoms with van der Waals surface area (Å²) in [6.07, 6.45) is 0. The van der Waals surface area contributed by atoms with Gasteiger partial charge >= 0.3 is 5.97 Å². The Labute approximate surface area is 103 Å². The molecule has 0 spiro atoms. The molecule has 17 heavy (non-hydrogen) atoms. The fourth-order valence-electron chi connectivity index (χ4n) is 1.65. The number of hydrogen-bond acceptors (Lipinski definition) is 3. The summed E-state index contributed by atoms with van der Waals surface area (Å²) in [5, 5.41) is 3.35. The van der Waals surface area contributed by atoms with E-state index in [9.17, 15) is 4.79 Å². The number of aryl methyl sites for hydroxylation is 1. The minimum Gasteiger partial charge on any atom is -0.469 e. The molecule has 2 unspecified atom stereocenters. The molecule has 0 aromatic heterocycles. The number of carbonyl (C=O) groups excluding carboxylic acids is 1. The molecular weight excluding hydrogens is 214 g/mol. The van der Waals surface area contributed by atoms with Gasteiger partial charge in [-0.25, -0.2) is 0 Å². The van der Waals surface area contributed by atoms with Crippen molar-refractivity contribution in [1.29, 1.82) is 0 Å². The van der Waals surface area contributed by atoms with E-state index in [0.29, 0.717) is 0 Å².